The number of carboxylic acids is 1. The number of nitrogens with zero attached hydrogens (tertiary/aromatic N) is 3. The number of hydrogen-bond donors (Lipinski definition) is 4. The third kappa shape index (κ3) is 4.48. The summed E-state index contributed by atoms with van der Waals surface area (Å²) in [5.74, 6) is -0.605. The van der Waals surface area contributed by atoms with Gasteiger partial charge in [-0.3, -0.25) is 23.7 Å². The number of hydrogen-bond acceptors (Lipinski definition) is 12. The number of aliphatic hydroxyl groups is 1. The minimum atomic E-state index is -4.57. The number of anilines is 1. The summed E-state index contributed by atoms with van der Waals surface area (Å²) in [6, 6.07) is 0. The van der Waals surface area contributed by atoms with Gasteiger partial charge in [0.2, 0.25) is 5.95 Å². The highest BCUT2D eigenvalue weighted by Crippen LogP contribution is 2.50. The summed E-state index contributed by atoms with van der Waals surface area (Å²) >= 11 is 1.21. The molecule has 0 bridgehead atoms. The molecule has 16 heteroatoms. The zero-order valence-electron chi connectivity index (χ0n) is 16.9. The first-order valence-electron chi connectivity index (χ1n) is 9.26. The van der Waals surface area contributed by atoms with E-state index in [-0.39, 0.29) is 36.7 Å². The van der Waals surface area contributed by atoms with Crippen LogP contribution in [0.3, 0.4) is 0 Å². The molecule has 2 fully saturated rings. The second-order valence-corrected chi connectivity index (χ2v) is 9.38. The molecule has 0 aromatic carbocycles. The number of unbranched alkanes of at least 4 members (excludes halogenated alkanes) is 1. The number of aromatic amines is 1. The van der Waals surface area contributed by atoms with Gasteiger partial charge in [-0.1, -0.05) is 11.8 Å². The molecule has 0 saturated carbocycles. The van der Waals surface area contributed by atoms with Gasteiger partial charge in [-0.2, -0.15) is 4.98 Å². The largest absolute Gasteiger partial charge is 1.00 e. The topological polar surface area (TPSA) is 215 Å². The number of imidazole rings is 1. The SMILES string of the molecule is Nc1nc2c(nc(SCCCCC(=O)O)n2[C@@H]2OC3COP(=O)([O-])O[C@H]3C2O)c(=O)[nH]1.[H+]. The van der Waals surface area contributed by atoms with Gasteiger partial charge in [0, 0.05) is 12.2 Å². The Morgan fingerprint density at radius 1 is 1.45 bits per heavy atom. The minimum Gasteiger partial charge on any atom is -0.756 e. The summed E-state index contributed by atoms with van der Waals surface area (Å²) in [5.41, 5.74) is 5.07. The van der Waals surface area contributed by atoms with Crippen LogP contribution in [0.5, 0.6) is 0 Å². The average Bonchev–Trinajstić information content (AvgIpc) is 3.18. The van der Waals surface area contributed by atoms with Crippen molar-refractivity contribution in [3.05, 3.63) is 10.4 Å². The van der Waals surface area contributed by atoms with Crippen molar-refractivity contribution < 1.29 is 39.7 Å². The molecular formula is C15H20N5O9PS. The fourth-order valence-electron chi connectivity index (χ4n) is 3.40. The second kappa shape index (κ2) is 8.50. The lowest BCUT2D eigenvalue weighted by molar-refractivity contribution is -0.245. The van der Waals surface area contributed by atoms with Crippen LogP contribution < -0.4 is 16.2 Å². The first-order chi connectivity index (χ1) is 14.7. The van der Waals surface area contributed by atoms with E-state index in [0.717, 1.165) is 0 Å². The molecule has 2 aromatic rings. The van der Waals surface area contributed by atoms with Crippen LogP contribution in [0.4, 0.5) is 5.95 Å². The zero-order chi connectivity index (χ0) is 22.3. The second-order valence-electron chi connectivity index (χ2n) is 6.96. The number of carboxylic acid groups (broad SMARTS) is 1. The number of phosphoric ester groups is 1. The summed E-state index contributed by atoms with van der Waals surface area (Å²) in [6.45, 7) is -0.334. The molecule has 2 aliphatic heterocycles. The van der Waals surface area contributed by atoms with E-state index in [4.69, 9.17) is 20.1 Å². The molecule has 5 N–H and O–H groups in total. The van der Waals surface area contributed by atoms with E-state index in [1.165, 1.54) is 16.3 Å². The van der Waals surface area contributed by atoms with Crippen LogP contribution in [0.15, 0.2) is 9.95 Å². The molecule has 2 aromatic heterocycles. The fraction of sp³-hybridized carbons (Fsp3) is 0.600. The van der Waals surface area contributed by atoms with Crippen molar-refractivity contribution in [1.82, 2.24) is 19.5 Å². The lowest BCUT2D eigenvalue weighted by Gasteiger charge is -2.34. The number of nitrogen functional groups attached to an aromatic ring is 1. The first kappa shape index (κ1) is 22.2. The summed E-state index contributed by atoms with van der Waals surface area (Å²) in [6.07, 6.45) is -3.64. The van der Waals surface area contributed by atoms with Crippen LogP contribution in [0.1, 0.15) is 26.9 Å². The van der Waals surface area contributed by atoms with Gasteiger partial charge in [-0.15, -0.1) is 0 Å². The van der Waals surface area contributed by atoms with Crippen LogP contribution in [0.2, 0.25) is 0 Å². The number of phosphoric acid groups is 1. The normalized spacial score (nSPS) is 30.5. The number of nitrogens with two attached hydrogens (primary N) is 1. The number of aliphatic hydroxyl groups excluding tert-OH is 1. The molecule has 4 heterocycles. The summed E-state index contributed by atoms with van der Waals surface area (Å²) in [4.78, 5) is 45.3. The Morgan fingerprint density at radius 3 is 2.97 bits per heavy atom. The van der Waals surface area contributed by atoms with Crippen LogP contribution in [-0.2, 0) is 23.1 Å². The summed E-state index contributed by atoms with van der Waals surface area (Å²) in [5, 5.41) is 19.8. The smallest absolute Gasteiger partial charge is 0.756 e. The molecule has 4 rings (SSSR count). The van der Waals surface area contributed by atoms with Gasteiger partial charge in [0.15, 0.2) is 22.5 Å². The Morgan fingerprint density at radius 2 is 2.23 bits per heavy atom. The van der Waals surface area contributed by atoms with Crippen molar-refractivity contribution in [2.24, 2.45) is 0 Å². The molecular weight excluding hydrogens is 457 g/mol. The fourth-order valence-corrected chi connectivity index (χ4v) is 5.36. The van der Waals surface area contributed by atoms with Crippen molar-refractivity contribution in [1.29, 1.82) is 0 Å². The van der Waals surface area contributed by atoms with E-state index < -0.39 is 43.9 Å². The Balaban J connectivity index is 0.00000289. The Kier molecular flexibility index (Phi) is 6.09. The van der Waals surface area contributed by atoms with E-state index in [9.17, 15) is 24.2 Å². The molecule has 2 aliphatic rings. The number of ether oxygens (including phenoxy) is 1. The maximum atomic E-state index is 12.3. The number of nitrogens with one attached hydrogen (secondary N) is 1. The van der Waals surface area contributed by atoms with E-state index in [1.54, 1.807) is 0 Å². The van der Waals surface area contributed by atoms with Crippen molar-refractivity contribution >= 4 is 42.7 Å². The molecule has 0 radical (unpaired) electrons. The van der Waals surface area contributed by atoms with Crippen molar-refractivity contribution in [3.63, 3.8) is 0 Å². The third-order valence-electron chi connectivity index (χ3n) is 4.76. The number of thioether (sulfide) groups is 1. The van der Waals surface area contributed by atoms with Crippen LogP contribution in [0, 0.1) is 0 Å². The first-order valence-corrected chi connectivity index (χ1v) is 11.7. The van der Waals surface area contributed by atoms with Crippen LogP contribution in [-0.4, -0.2) is 66.4 Å². The molecule has 2 saturated heterocycles. The van der Waals surface area contributed by atoms with Crippen molar-refractivity contribution in [2.75, 3.05) is 18.1 Å². The number of carbonyl (C=O) groups is 1. The number of fused-ring (bicyclic) bond motifs is 2. The van der Waals surface area contributed by atoms with E-state index in [1.807, 2.05) is 0 Å². The summed E-state index contributed by atoms with van der Waals surface area (Å²) < 4.78 is 28.3. The standard InChI is InChI=1S/C15H20N5O9PS/c16-14-18-11-8(12(24)19-14)17-15(31-4-2-1-3-7(21)22)20(11)13-9(23)10-6(28-13)5-27-30(25,26)29-10/h6,9-10,13,23H,1-5H2,(H,21,22)(H,25,26)(H3,16,18,19,24)/t6?,9?,10-,13-/m1/s1. The molecule has 0 aliphatic carbocycles. The third-order valence-corrected chi connectivity index (χ3v) is 6.77. The van der Waals surface area contributed by atoms with Crippen LogP contribution >= 0.6 is 19.6 Å². The van der Waals surface area contributed by atoms with Gasteiger partial charge < -0.3 is 34.6 Å². The molecule has 3 unspecified atom stereocenters. The molecule has 31 heavy (non-hydrogen) atoms. The number of rotatable bonds is 7. The number of aromatic nitrogens is 4. The van der Waals surface area contributed by atoms with Crippen LogP contribution in [0.25, 0.3) is 11.2 Å². The van der Waals surface area contributed by atoms with Gasteiger partial charge in [0.05, 0.1) is 6.61 Å². The highest BCUT2D eigenvalue weighted by molar-refractivity contribution is 7.99. The van der Waals surface area contributed by atoms with Gasteiger partial charge in [0.25, 0.3) is 13.4 Å². The predicted octanol–water partition coefficient (Wildman–Crippen LogP) is -0.697. The molecule has 170 valence electrons. The Labute approximate surface area is 179 Å². The highest BCUT2D eigenvalue weighted by Gasteiger charge is 2.51. The molecule has 14 nitrogen and oxygen atoms in total. The Hall–Kier alpha value is -2.00. The number of H-pyrrole nitrogens is 1. The quantitative estimate of drug-likeness (QED) is 0.221. The summed E-state index contributed by atoms with van der Waals surface area (Å²) in [7, 11) is -4.57. The van der Waals surface area contributed by atoms with Gasteiger partial charge in [0.1, 0.15) is 18.3 Å². The zero-order valence-corrected chi connectivity index (χ0v) is 17.6. The van der Waals surface area contributed by atoms with E-state index >= 15 is 0 Å². The van der Waals surface area contributed by atoms with Gasteiger partial charge in [-0.05, 0) is 12.8 Å². The minimum absolute atomic E-state index is 0. The predicted molar refractivity (Wildman–Crippen MR) is 104 cm³/mol. The lowest BCUT2D eigenvalue weighted by Crippen LogP contribution is -2.41. The van der Waals surface area contributed by atoms with Crippen molar-refractivity contribution in [2.45, 2.75) is 49.0 Å². The average molecular weight is 477 g/mol. The molecule has 0 spiro atoms. The maximum absolute atomic E-state index is 12.3. The molecule has 0 amide bonds. The maximum Gasteiger partial charge on any atom is 1.00 e. The Bertz CT molecular complexity index is 1110. The monoisotopic (exact) mass is 477 g/mol. The van der Waals surface area contributed by atoms with E-state index in [0.29, 0.717) is 18.6 Å². The van der Waals surface area contributed by atoms with E-state index in [2.05, 4.69) is 19.5 Å². The van der Waals surface area contributed by atoms with Gasteiger partial charge in [-0.25, -0.2) is 4.98 Å². The molecule has 5 atom stereocenters. The lowest BCUT2D eigenvalue weighted by atomic mass is 10.1. The highest BCUT2D eigenvalue weighted by atomic mass is 32.2. The van der Waals surface area contributed by atoms with Crippen molar-refractivity contribution in [3.8, 4) is 0 Å². The van der Waals surface area contributed by atoms with Gasteiger partial charge >= 0.3 is 7.40 Å². The number of aliphatic carboxylic acids is 1.